The maximum absolute atomic E-state index is 6.40. The van der Waals surface area contributed by atoms with Crippen LogP contribution in [0.1, 0.15) is 55.5 Å². The summed E-state index contributed by atoms with van der Waals surface area (Å²) in [5, 5.41) is 6.77. The van der Waals surface area contributed by atoms with E-state index in [0.717, 1.165) is 17.5 Å². The van der Waals surface area contributed by atoms with Crippen molar-refractivity contribution in [1.82, 2.24) is 5.32 Å². The molecule has 1 heterocycles. The standard InChI is InChI=1S/C14H22ClNS/c1-3-16-12(8-11-6-4-5-7-11)14-13(15)10(2)9-17-14/h9,11-12,16H,3-8H2,1-2H3. The molecule has 0 aromatic carbocycles. The summed E-state index contributed by atoms with van der Waals surface area (Å²) < 4.78 is 0. The van der Waals surface area contributed by atoms with E-state index in [0.29, 0.717) is 6.04 Å². The van der Waals surface area contributed by atoms with E-state index in [4.69, 9.17) is 11.6 Å². The quantitative estimate of drug-likeness (QED) is 0.800. The van der Waals surface area contributed by atoms with Crippen molar-refractivity contribution < 1.29 is 0 Å². The molecule has 0 spiro atoms. The number of nitrogens with one attached hydrogen (secondary N) is 1. The predicted molar refractivity (Wildman–Crippen MR) is 77.1 cm³/mol. The molecule has 17 heavy (non-hydrogen) atoms. The maximum Gasteiger partial charge on any atom is 0.0590 e. The summed E-state index contributed by atoms with van der Waals surface area (Å²) in [4.78, 5) is 1.35. The van der Waals surface area contributed by atoms with Crippen molar-refractivity contribution in [2.45, 2.75) is 52.0 Å². The van der Waals surface area contributed by atoms with Crippen LogP contribution in [0.2, 0.25) is 5.02 Å². The third kappa shape index (κ3) is 3.24. The Kier molecular flexibility index (Phi) is 4.89. The van der Waals surface area contributed by atoms with E-state index in [1.165, 1.54) is 42.5 Å². The van der Waals surface area contributed by atoms with E-state index in [9.17, 15) is 0 Å². The Labute approximate surface area is 114 Å². The zero-order chi connectivity index (χ0) is 12.3. The van der Waals surface area contributed by atoms with Gasteiger partial charge < -0.3 is 5.32 Å². The minimum absolute atomic E-state index is 0.467. The molecule has 2 rings (SSSR count). The van der Waals surface area contributed by atoms with Crippen LogP contribution in [-0.4, -0.2) is 6.54 Å². The van der Waals surface area contributed by atoms with E-state index < -0.39 is 0 Å². The van der Waals surface area contributed by atoms with Gasteiger partial charge in [-0.15, -0.1) is 11.3 Å². The Morgan fingerprint density at radius 1 is 1.47 bits per heavy atom. The van der Waals surface area contributed by atoms with Crippen LogP contribution in [0.4, 0.5) is 0 Å². The van der Waals surface area contributed by atoms with Crippen LogP contribution in [0.15, 0.2) is 5.38 Å². The van der Waals surface area contributed by atoms with Crippen molar-refractivity contribution in [3.63, 3.8) is 0 Å². The minimum atomic E-state index is 0.467. The SMILES string of the molecule is CCNC(CC1CCCC1)c1scc(C)c1Cl. The Morgan fingerprint density at radius 2 is 2.18 bits per heavy atom. The average Bonchev–Trinajstić information content (AvgIpc) is 2.91. The summed E-state index contributed by atoms with van der Waals surface area (Å²) in [5.41, 5.74) is 1.22. The van der Waals surface area contributed by atoms with Crippen molar-refractivity contribution in [2.75, 3.05) is 6.54 Å². The predicted octanol–water partition coefficient (Wildman–Crippen LogP) is 4.94. The van der Waals surface area contributed by atoms with Crippen LogP contribution in [0.3, 0.4) is 0 Å². The first-order valence-corrected chi connectivity index (χ1v) is 7.95. The molecule has 0 radical (unpaired) electrons. The van der Waals surface area contributed by atoms with Crippen molar-refractivity contribution in [3.8, 4) is 0 Å². The topological polar surface area (TPSA) is 12.0 Å². The van der Waals surface area contributed by atoms with E-state index >= 15 is 0 Å². The van der Waals surface area contributed by atoms with Gasteiger partial charge in [0.05, 0.1) is 5.02 Å². The zero-order valence-electron chi connectivity index (χ0n) is 10.8. The highest BCUT2D eigenvalue weighted by Gasteiger charge is 2.23. The molecule has 1 aromatic rings. The largest absolute Gasteiger partial charge is 0.309 e. The second kappa shape index (κ2) is 6.21. The molecule has 3 heteroatoms. The van der Waals surface area contributed by atoms with Crippen LogP contribution in [0.5, 0.6) is 0 Å². The number of halogens is 1. The van der Waals surface area contributed by atoms with Gasteiger partial charge in [0, 0.05) is 10.9 Å². The Bertz CT molecular complexity index is 355. The van der Waals surface area contributed by atoms with Gasteiger partial charge in [0.15, 0.2) is 0 Å². The molecule has 0 aliphatic heterocycles. The summed E-state index contributed by atoms with van der Waals surface area (Å²) in [6.45, 7) is 5.29. The molecule has 0 saturated heterocycles. The second-order valence-corrected chi connectivity index (χ2v) is 6.38. The number of hydrogen-bond donors (Lipinski definition) is 1. The van der Waals surface area contributed by atoms with Crippen LogP contribution in [0, 0.1) is 12.8 Å². The molecule has 1 saturated carbocycles. The van der Waals surface area contributed by atoms with Crippen molar-refractivity contribution >= 4 is 22.9 Å². The third-order valence-corrected chi connectivity index (χ3v) is 5.56. The first-order valence-electron chi connectivity index (χ1n) is 6.69. The summed E-state index contributed by atoms with van der Waals surface area (Å²) >= 11 is 8.21. The van der Waals surface area contributed by atoms with Gasteiger partial charge in [-0.2, -0.15) is 0 Å². The molecule has 1 unspecified atom stereocenters. The van der Waals surface area contributed by atoms with Crippen molar-refractivity contribution in [1.29, 1.82) is 0 Å². The van der Waals surface area contributed by atoms with Crippen molar-refractivity contribution in [2.24, 2.45) is 5.92 Å². The average molecular weight is 272 g/mol. The molecule has 1 nitrogen and oxygen atoms in total. The Hall–Kier alpha value is -0.0500. The number of aryl methyl sites for hydroxylation is 1. The lowest BCUT2D eigenvalue weighted by Crippen LogP contribution is -2.22. The van der Waals surface area contributed by atoms with E-state index in [1.807, 2.05) is 11.3 Å². The molecule has 1 aromatic heterocycles. The second-order valence-electron chi connectivity index (χ2n) is 5.09. The molecule has 96 valence electrons. The van der Waals surface area contributed by atoms with Gasteiger partial charge in [-0.25, -0.2) is 0 Å². The van der Waals surface area contributed by atoms with Gasteiger partial charge in [-0.05, 0) is 36.8 Å². The van der Waals surface area contributed by atoms with E-state index in [-0.39, 0.29) is 0 Å². The zero-order valence-corrected chi connectivity index (χ0v) is 12.3. The molecular weight excluding hydrogens is 250 g/mol. The molecule has 1 aliphatic carbocycles. The van der Waals surface area contributed by atoms with Gasteiger partial charge in [-0.1, -0.05) is 44.2 Å². The summed E-state index contributed by atoms with van der Waals surface area (Å²) in [5.74, 6) is 0.900. The summed E-state index contributed by atoms with van der Waals surface area (Å²) in [6, 6.07) is 0.467. The monoisotopic (exact) mass is 271 g/mol. The molecule has 0 amide bonds. The van der Waals surface area contributed by atoms with Gasteiger partial charge in [0.1, 0.15) is 0 Å². The summed E-state index contributed by atoms with van der Waals surface area (Å²) in [7, 11) is 0. The lowest BCUT2D eigenvalue weighted by molar-refractivity contribution is 0.405. The summed E-state index contributed by atoms with van der Waals surface area (Å²) in [6.07, 6.45) is 6.91. The molecule has 1 atom stereocenters. The Balaban J connectivity index is 2.07. The molecular formula is C14H22ClNS. The van der Waals surface area contributed by atoms with Crippen molar-refractivity contribution in [3.05, 3.63) is 20.8 Å². The van der Waals surface area contributed by atoms with E-state index in [1.54, 1.807) is 0 Å². The van der Waals surface area contributed by atoms with Crippen LogP contribution in [-0.2, 0) is 0 Å². The van der Waals surface area contributed by atoms with Crippen LogP contribution >= 0.6 is 22.9 Å². The lowest BCUT2D eigenvalue weighted by atomic mass is 9.97. The first kappa shape index (κ1) is 13.4. The maximum atomic E-state index is 6.40. The Morgan fingerprint density at radius 3 is 2.71 bits per heavy atom. The minimum Gasteiger partial charge on any atom is -0.309 e. The van der Waals surface area contributed by atoms with Gasteiger partial charge in [-0.3, -0.25) is 0 Å². The van der Waals surface area contributed by atoms with Gasteiger partial charge in [0.2, 0.25) is 0 Å². The normalized spacial score (nSPS) is 18.8. The van der Waals surface area contributed by atoms with E-state index in [2.05, 4.69) is 24.5 Å². The highest BCUT2D eigenvalue weighted by Crippen LogP contribution is 2.38. The van der Waals surface area contributed by atoms with Crippen LogP contribution < -0.4 is 5.32 Å². The van der Waals surface area contributed by atoms with Gasteiger partial charge in [0.25, 0.3) is 0 Å². The highest BCUT2D eigenvalue weighted by molar-refractivity contribution is 7.10. The fourth-order valence-corrected chi connectivity index (χ4v) is 4.21. The van der Waals surface area contributed by atoms with Gasteiger partial charge >= 0.3 is 0 Å². The lowest BCUT2D eigenvalue weighted by Gasteiger charge is -2.21. The molecule has 1 fully saturated rings. The number of rotatable bonds is 5. The fourth-order valence-electron chi connectivity index (χ4n) is 2.79. The first-order chi connectivity index (χ1) is 8.22. The number of hydrogen-bond acceptors (Lipinski definition) is 2. The third-order valence-electron chi connectivity index (χ3n) is 3.74. The molecule has 0 bridgehead atoms. The smallest absolute Gasteiger partial charge is 0.0590 e. The highest BCUT2D eigenvalue weighted by atomic mass is 35.5. The molecule has 1 aliphatic rings. The van der Waals surface area contributed by atoms with Crippen LogP contribution in [0.25, 0.3) is 0 Å². The number of thiophene rings is 1. The fraction of sp³-hybridized carbons (Fsp3) is 0.714. The molecule has 1 N–H and O–H groups in total.